The van der Waals surface area contributed by atoms with Crippen LogP contribution in [-0.2, 0) is 15.5 Å². The van der Waals surface area contributed by atoms with Crippen LogP contribution < -0.4 is 0 Å². The van der Waals surface area contributed by atoms with Crippen LogP contribution in [0.3, 0.4) is 0 Å². The van der Waals surface area contributed by atoms with E-state index in [4.69, 9.17) is 9.84 Å². The Kier molecular flexibility index (Phi) is 4.67. The zero-order valence-electron chi connectivity index (χ0n) is 11.0. The summed E-state index contributed by atoms with van der Waals surface area (Å²) in [7, 11) is 0. The van der Waals surface area contributed by atoms with Crippen LogP contribution >= 0.6 is 0 Å². The Bertz CT molecular complexity index is 453. The average Bonchev–Trinajstić information content (AvgIpc) is 2.39. The summed E-state index contributed by atoms with van der Waals surface area (Å²) in [6, 6.07) is 7.65. The van der Waals surface area contributed by atoms with E-state index in [1.54, 1.807) is 23.1 Å². The fraction of sp³-hybridized carbons (Fsp3) is 0.500. The molecular formula is C14H17F2NO3. The van der Waals surface area contributed by atoms with Crippen LogP contribution in [0.4, 0.5) is 8.78 Å². The van der Waals surface area contributed by atoms with Gasteiger partial charge in [-0.2, -0.15) is 8.78 Å². The molecule has 20 heavy (non-hydrogen) atoms. The van der Waals surface area contributed by atoms with Gasteiger partial charge in [-0.25, -0.2) is 0 Å². The smallest absolute Gasteiger partial charge is 0.306 e. The number of alkyl halides is 2. The molecule has 1 atom stereocenters. The molecule has 0 bridgehead atoms. The Hall–Kier alpha value is -1.53. The van der Waals surface area contributed by atoms with Crippen molar-refractivity contribution in [2.75, 3.05) is 26.2 Å². The summed E-state index contributed by atoms with van der Waals surface area (Å²) in [5, 5.41) is 8.72. The fourth-order valence-electron chi connectivity index (χ4n) is 2.30. The van der Waals surface area contributed by atoms with Crippen LogP contribution in [0.1, 0.15) is 12.0 Å². The molecule has 1 fully saturated rings. The normalized spacial score (nSPS) is 20.8. The molecule has 0 radical (unpaired) electrons. The number of morpholine rings is 1. The number of carboxylic acids is 1. The number of carboxylic acid groups (broad SMARTS) is 1. The van der Waals surface area contributed by atoms with Gasteiger partial charge in [0, 0.05) is 18.7 Å². The lowest BCUT2D eigenvalue weighted by molar-refractivity contribution is -0.143. The molecule has 1 N–H and O–H groups in total. The second-order valence-electron chi connectivity index (χ2n) is 4.90. The van der Waals surface area contributed by atoms with Crippen LogP contribution in [0.5, 0.6) is 0 Å². The first-order valence-electron chi connectivity index (χ1n) is 6.46. The Balaban J connectivity index is 1.96. The molecule has 1 heterocycles. The van der Waals surface area contributed by atoms with Crippen LogP contribution in [0.15, 0.2) is 30.3 Å². The summed E-state index contributed by atoms with van der Waals surface area (Å²) in [6.07, 6.45) is -0.680. The molecule has 1 unspecified atom stereocenters. The van der Waals surface area contributed by atoms with Crippen molar-refractivity contribution in [3.63, 3.8) is 0 Å². The van der Waals surface area contributed by atoms with E-state index < -0.39 is 24.5 Å². The lowest BCUT2D eigenvalue weighted by Crippen LogP contribution is -2.47. The Morgan fingerprint density at radius 2 is 2.10 bits per heavy atom. The minimum absolute atomic E-state index is 0.0266. The van der Waals surface area contributed by atoms with Gasteiger partial charge >= 0.3 is 5.97 Å². The van der Waals surface area contributed by atoms with Crippen LogP contribution in [0.25, 0.3) is 0 Å². The molecule has 1 saturated heterocycles. The highest BCUT2D eigenvalue weighted by molar-refractivity contribution is 5.67. The SMILES string of the molecule is O=C(O)CC1CN(CC(F)(F)c2ccccc2)CCO1. The quantitative estimate of drug-likeness (QED) is 0.898. The predicted molar refractivity (Wildman–Crippen MR) is 68.8 cm³/mol. The number of nitrogens with zero attached hydrogens (tertiary/aromatic N) is 1. The van der Waals surface area contributed by atoms with Gasteiger partial charge in [0.1, 0.15) is 0 Å². The first-order chi connectivity index (χ1) is 9.47. The summed E-state index contributed by atoms with van der Waals surface area (Å²) in [4.78, 5) is 12.2. The van der Waals surface area contributed by atoms with Crippen LogP contribution in [0, 0.1) is 0 Å². The number of halogens is 2. The van der Waals surface area contributed by atoms with E-state index in [9.17, 15) is 13.6 Å². The highest BCUT2D eigenvalue weighted by Gasteiger charge is 2.35. The summed E-state index contributed by atoms with van der Waals surface area (Å²) in [6.45, 7) is 0.465. The molecule has 1 aliphatic heterocycles. The average molecular weight is 285 g/mol. The zero-order chi connectivity index (χ0) is 14.6. The topological polar surface area (TPSA) is 49.8 Å². The number of rotatable bonds is 5. The van der Waals surface area contributed by atoms with E-state index in [0.717, 1.165) is 0 Å². The van der Waals surface area contributed by atoms with E-state index in [0.29, 0.717) is 6.54 Å². The highest BCUT2D eigenvalue weighted by Crippen LogP contribution is 2.29. The van der Waals surface area contributed by atoms with Gasteiger partial charge in [0.25, 0.3) is 5.92 Å². The first-order valence-corrected chi connectivity index (χ1v) is 6.46. The number of ether oxygens (including phenoxy) is 1. The number of aliphatic carboxylic acids is 1. The van der Waals surface area contributed by atoms with Crippen molar-refractivity contribution < 1.29 is 23.4 Å². The van der Waals surface area contributed by atoms with Crippen LogP contribution in [-0.4, -0.2) is 48.3 Å². The lowest BCUT2D eigenvalue weighted by atomic mass is 10.1. The molecule has 1 aromatic rings. The second kappa shape index (κ2) is 6.28. The van der Waals surface area contributed by atoms with Gasteiger partial charge in [0.05, 0.1) is 25.7 Å². The highest BCUT2D eigenvalue weighted by atomic mass is 19.3. The van der Waals surface area contributed by atoms with Crippen molar-refractivity contribution in [1.82, 2.24) is 4.90 Å². The van der Waals surface area contributed by atoms with Gasteiger partial charge in [-0.3, -0.25) is 9.69 Å². The monoisotopic (exact) mass is 285 g/mol. The molecule has 6 heteroatoms. The minimum atomic E-state index is -2.95. The third-order valence-electron chi connectivity index (χ3n) is 3.24. The molecule has 0 aliphatic carbocycles. The van der Waals surface area contributed by atoms with Crippen molar-refractivity contribution in [3.05, 3.63) is 35.9 Å². The third kappa shape index (κ3) is 3.98. The molecule has 110 valence electrons. The van der Waals surface area contributed by atoms with Crippen molar-refractivity contribution in [3.8, 4) is 0 Å². The van der Waals surface area contributed by atoms with Crippen molar-refractivity contribution in [2.45, 2.75) is 18.4 Å². The van der Waals surface area contributed by atoms with Crippen LogP contribution in [0.2, 0.25) is 0 Å². The summed E-state index contributed by atoms with van der Waals surface area (Å²) in [5.74, 6) is -3.93. The first kappa shape index (κ1) is 14.9. The van der Waals surface area contributed by atoms with E-state index in [1.807, 2.05) is 0 Å². The van der Waals surface area contributed by atoms with Gasteiger partial charge < -0.3 is 9.84 Å². The summed E-state index contributed by atoms with van der Waals surface area (Å²) in [5.41, 5.74) is -0.0266. The standard InChI is InChI=1S/C14H17F2NO3/c15-14(16,11-4-2-1-3-5-11)10-17-6-7-20-12(9-17)8-13(18)19/h1-5,12H,6-10H2,(H,18,19). The lowest BCUT2D eigenvalue weighted by Gasteiger charge is -2.34. The predicted octanol–water partition coefficient (Wildman–Crippen LogP) is 1.95. The molecule has 1 aromatic carbocycles. The number of hydrogen-bond donors (Lipinski definition) is 1. The molecule has 0 spiro atoms. The minimum Gasteiger partial charge on any atom is -0.481 e. The van der Waals surface area contributed by atoms with E-state index in [-0.39, 0.29) is 25.1 Å². The van der Waals surface area contributed by atoms with Gasteiger partial charge in [-0.1, -0.05) is 30.3 Å². The molecular weight excluding hydrogens is 268 g/mol. The van der Waals surface area contributed by atoms with Crippen molar-refractivity contribution in [2.24, 2.45) is 0 Å². The maximum atomic E-state index is 14.1. The molecule has 2 rings (SSSR count). The Labute approximate surface area is 116 Å². The van der Waals surface area contributed by atoms with E-state index in [1.165, 1.54) is 12.1 Å². The van der Waals surface area contributed by atoms with Gasteiger partial charge in [0.2, 0.25) is 0 Å². The van der Waals surface area contributed by atoms with E-state index in [2.05, 4.69) is 0 Å². The summed E-state index contributed by atoms with van der Waals surface area (Å²) >= 11 is 0. The molecule has 0 saturated carbocycles. The Morgan fingerprint density at radius 1 is 1.40 bits per heavy atom. The molecule has 0 aromatic heterocycles. The summed E-state index contributed by atoms with van der Waals surface area (Å²) < 4.78 is 33.5. The molecule has 1 aliphatic rings. The number of carbonyl (C=O) groups is 1. The zero-order valence-corrected chi connectivity index (χ0v) is 11.0. The third-order valence-corrected chi connectivity index (χ3v) is 3.24. The van der Waals surface area contributed by atoms with Gasteiger partial charge in [0.15, 0.2) is 0 Å². The second-order valence-corrected chi connectivity index (χ2v) is 4.90. The number of benzene rings is 1. The van der Waals surface area contributed by atoms with Gasteiger partial charge in [-0.05, 0) is 0 Å². The maximum Gasteiger partial charge on any atom is 0.306 e. The Morgan fingerprint density at radius 3 is 2.75 bits per heavy atom. The molecule has 0 amide bonds. The maximum absolute atomic E-state index is 14.1. The van der Waals surface area contributed by atoms with E-state index >= 15 is 0 Å². The van der Waals surface area contributed by atoms with Crippen molar-refractivity contribution in [1.29, 1.82) is 0 Å². The fourth-order valence-corrected chi connectivity index (χ4v) is 2.30. The largest absolute Gasteiger partial charge is 0.481 e. The molecule has 4 nitrogen and oxygen atoms in total. The number of hydrogen-bond acceptors (Lipinski definition) is 3. The van der Waals surface area contributed by atoms with Crippen molar-refractivity contribution >= 4 is 5.97 Å². The van der Waals surface area contributed by atoms with Gasteiger partial charge in [-0.15, -0.1) is 0 Å².